The molecule has 64 valence electrons. The largest absolute Gasteiger partial charge is 0.259 e. The fourth-order valence-corrected chi connectivity index (χ4v) is 0.820. The van der Waals surface area contributed by atoms with E-state index in [-0.39, 0.29) is 5.54 Å². The summed E-state index contributed by atoms with van der Waals surface area (Å²) in [6.45, 7) is 9.94. The molecule has 0 N–H and O–H groups in total. The molecule has 1 rings (SSSR count). The first-order valence-electron chi connectivity index (χ1n) is 3.97. The van der Waals surface area contributed by atoms with Gasteiger partial charge in [-0.1, -0.05) is 12.7 Å². The fraction of sp³-hybridized carbons (Fsp3) is 0.400. The van der Waals surface area contributed by atoms with E-state index in [9.17, 15) is 0 Å². The van der Waals surface area contributed by atoms with Crippen LogP contribution in [0.3, 0.4) is 0 Å². The van der Waals surface area contributed by atoms with Crippen molar-refractivity contribution in [3.63, 3.8) is 0 Å². The van der Waals surface area contributed by atoms with Crippen LogP contribution in [0.5, 0.6) is 0 Å². The van der Waals surface area contributed by atoms with Gasteiger partial charge in [0.25, 0.3) is 0 Å². The summed E-state index contributed by atoms with van der Waals surface area (Å²) in [4.78, 5) is 0. The Balaban J connectivity index is 2.88. The van der Waals surface area contributed by atoms with Crippen molar-refractivity contribution in [3.8, 4) is 0 Å². The molecule has 0 saturated heterocycles. The van der Waals surface area contributed by atoms with Crippen LogP contribution < -0.4 is 0 Å². The first-order valence-corrected chi connectivity index (χ1v) is 3.97. The second-order valence-corrected chi connectivity index (χ2v) is 3.70. The highest BCUT2D eigenvalue weighted by atomic mass is 15.5. The first kappa shape index (κ1) is 8.82. The van der Waals surface area contributed by atoms with Gasteiger partial charge in [0.1, 0.15) is 0 Å². The fourth-order valence-electron chi connectivity index (χ4n) is 0.820. The zero-order chi connectivity index (χ0) is 9.19. The van der Waals surface area contributed by atoms with Crippen LogP contribution >= 0.6 is 0 Å². The summed E-state index contributed by atoms with van der Waals surface area (Å²) in [7, 11) is 0. The second kappa shape index (κ2) is 3.00. The summed E-state index contributed by atoms with van der Waals surface area (Å²) in [6, 6.07) is 0. The molecule has 0 saturated carbocycles. The highest BCUT2D eigenvalue weighted by molar-refractivity contribution is 5.66. The molecule has 0 radical (unpaired) electrons. The van der Waals surface area contributed by atoms with E-state index in [0.717, 1.165) is 5.57 Å². The Bertz CT molecular complexity index is 273. The van der Waals surface area contributed by atoms with E-state index in [0.29, 0.717) is 0 Å². The van der Waals surface area contributed by atoms with E-state index < -0.39 is 0 Å². The molecule has 0 aromatic heterocycles. The Labute approximate surface area is 73.6 Å². The summed E-state index contributed by atoms with van der Waals surface area (Å²) >= 11 is 0. The third kappa shape index (κ3) is 1.86. The number of hydrogen-bond donors (Lipinski definition) is 0. The molecule has 1 aliphatic rings. The lowest BCUT2D eigenvalue weighted by atomic mass is 10.1. The zero-order valence-corrected chi connectivity index (χ0v) is 7.83. The molecule has 12 heavy (non-hydrogen) atoms. The standard InChI is InChI=1S/C10H14N2/c1-5-9-6-7-12(11-8-9)10(2,3)4/h5-7H,1H2,2-4H3. The van der Waals surface area contributed by atoms with Crippen molar-refractivity contribution in [2.45, 2.75) is 26.3 Å². The molecule has 2 nitrogen and oxygen atoms in total. The van der Waals surface area contributed by atoms with Gasteiger partial charge < -0.3 is 0 Å². The average molecular weight is 162 g/mol. The van der Waals surface area contributed by atoms with Gasteiger partial charge in [0, 0.05) is 17.6 Å². The van der Waals surface area contributed by atoms with E-state index in [4.69, 9.17) is 0 Å². The predicted molar refractivity (Wildman–Crippen MR) is 51.9 cm³/mol. The van der Waals surface area contributed by atoms with Crippen LogP contribution in [-0.2, 0) is 0 Å². The molecular formula is C10H14N2. The number of allylic oxidation sites excluding steroid dienone is 3. The van der Waals surface area contributed by atoms with Crippen LogP contribution in [0.1, 0.15) is 20.8 Å². The monoisotopic (exact) mass is 162 g/mol. The van der Waals surface area contributed by atoms with Crippen molar-refractivity contribution in [1.29, 1.82) is 0 Å². The Hall–Kier alpha value is -1.27. The lowest BCUT2D eigenvalue weighted by molar-refractivity contribution is 0.215. The van der Waals surface area contributed by atoms with E-state index in [2.05, 4.69) is 38.3 Å². The molecular weight excluding hydrogens is 148 g/mol. The molecule has 1 aliphatic heterocycles. The van der Waals surface area contributed by atoms with Crippen molar-refractivity contribution in [1.82, 2.24) is 5.01 Å². The summed E-state index contributed by atoms with van der Waals surface area (Å²) in [5.74, 6) is 2.89. The summed E-state index contributed by atoms with van der Waals surface area (Å²) in [5.41, 5.74) is 0.950. The van der Waals surface area contributed by atoms with Crippen LogP contribution in [0, 0.1) is 0 Å². The van der Waals surface area contributed by atoms with Crippen molar-refractivity contribution in [2.24, 2.45) is 5.10 Å². The molecule has 0 fully saturated rings. The first-order chi connectivity index (χ1) is 5.54. The highest BCUT2D eigenvalue weighted by Crippen LogP contribution is 2.16. The minimum Gasteiger partial charge on any atom is -0.259 e. The summed E-state index contributed by atoms with van der Waals surface area (Å²) in [5, 5.41) is 6.02. The minimum absolute atomic E-state index is 0.0240. The molecule has 0 unspecified atom stereocenters. The van der Waals surface area contributed by atoms with Gasteiger partial charge in [0.2, 0.25) is 0 Å². The van der Waals surface area contributed by atoms with Gasteiger partial charge >= 0.3 is 0 Å². The van der Waals surface area contributed by atoms with E-state index in [1.807, 2.05) is 17.3 Å². The maximum absolute atomic E-state index is 4.14. The van der Waals surface area contributed by atoms with Gasteiger partial charge in [-0.05, 0) is 26.8 Å². The van der Waals surface area contributed by atoms with Gasteiger partial charge in [0.15, 0.2) is 0 Å². The highest BCUT2D eigenvalue weighted by Gasteiger charge is 2.17. The minimum atomic E-state index is 0.0240. The molecule has 0 spiro atoms. The molecule has 0 amide bonds. The maximum Gasteiger partial charge on any atom is 0.0550 e. The number of hydrogen-bond acceptors (Lipinski definition) is 2. The molecule has 0 aromatic carbocycles. The van der Waals surface area contributed by atoms with Gasteiger partial charge in [-0.2, -0.15) is 0 Å². The van der Waals surface area contributed by atoms with Gasteiger partial charge in [-0.25, -0.2) is 0 Å². The van der Waals surface area contributed by atoms with Crippen molar-refractivity contribution in [2.75, 3.05) is 0 Å². The lowest BCUT2D eigenvalue weighted by Gasteiger charge is -2.29. The van der Waals surface area contributed by atoms with Gasteiger partial charge in [-0.3, -0.25) is 5.01 Å². The number of hydrazone groups is 1. The maximum atomic E-state index is 4.14. The lowest BCUT2D eigenvalue weighted by Crippen LogP contribution is -2.33. The van der Waals surface area contributed by atoms with E-state index >= 15 is 0 Å². The zero-order valence-electron chi connectivity index (χ0n) is 7.83. The van der Waals surface area contributed by atoms with Crippen LogP contribution in [0.25, 0.3) is 0 Å². The number of nitrogens with zero attached hydrogens (tertiary/aromatic N) is 2. The average Bonchev–Trinajstić information content (AvgIpc) is 2.03. The normalized spacial score (nSPS) is 16.2. The summed E-state index contributed by atoms with van der Waals surface area (Å²) in [6.07, 6.45) is 5.62. The van der Waals surface area contributed by atoms with Crippen LogP contribution in [0.4, 0.5) is 0 Å². The van der Waals surface area contributed by atoms with Crippen LogP contribution in [0.15, 0.2) is 35.6 Å². The van der Waals surface area contributed by atoms with Crippen LogP contribution in [0.2, 0.25) is 0 Å². The second-order valence-electron chi connectivity index (χ2n) is 3.70. The SMILES string of the molecule is C=CC1=C=NN(C(C)(C)C)C=C1. The quantitative estimate of drug-likeness (QED) is 0.577. The van der Waals surface area contributed by atoms with Crippen molar-refractivity contribution in [3.05, 3.63) is 30.5 Å². The molecule has 0 bridgehead atoms. The van der Waals surface area contributed by atoms with E-state index in [1.165, 1.54) is 0 Å². The van der Waals surface area contributed by atoms with Crippen molar-refractivity contribution < 1.29 is 0 Å². The molecule has 1 heterocycles. The summed E-state index contributed by atoms with van der Waals surface area (Å²) < 4.78 is 0. The molecule has 0 atom stereocenters. The van der Waals surface area contributed by atoms with Gasteiger partial charge in [0.05, 0.1) is 5.54 Å². The third-order valence-electron chi connectivity index (χ3n) is 1.59. The Morgan fingerprint density at radius 1 is 1.58 bits per heavy atom. The van der Waals surface area contributed by atoms with Gasteiger partial charge in [-0.15, -0.1) is 5.10 Å². The smallest absolute Gasteiger partial charge is 0.0550 e. The van der Waals surface area contributed by atoms with Crippen LogP contribution in [-0.4, -0.2) is 16.4 Å². The van der Waals surface area contributed by atoms with Crippen molar-refractivity contribution >= 4 is 5.87 Å². The Kier molecular flexibility index (Phi) is 2.20. The number of rotatable bonds is 1. The molecule has 0 aromatic rings. The molecule has 2 heteroatoms. The third-order valence-corrected chi connectivity index (χ3v) is 1.59. The predicted octanol–water partition coefficient (Wildman–Crippen LogP) is 2.31. The van der Waals surface area contributed by atoms with E-state index in [1.54, 1.807) is 6.08 Å². The Morgan fingerprint density at radius 3 is 2.58 bits per heavy atom. The Morgan fingerprint density at radius 2 is 2.25 bits per heavy atom. The topological polar surface area (TPSA) is 15.6 Å². The molecule has 0 aliphatic carbocycles.